The number of amides is 2. The van der Waals surface area contributed by atoms with Gasteiger partial charge in [0.2, 0.25) is 11.8 Å². The number of carbonyl (C=O) groups is 2. The Balaban J connectivity index is 1.38. The fraction of sp³-hybridized carbons (Fsp3) is 0.419. The molecular weight excluding hydrogens is 446 g/mol. The normalized spacial score (nSPS) is 22.1. The van der Waals surface area contributed by atoms with Crippen LogP contribution in [0, 0.1) is 0 Å². The number of carbonyl (C=O) groups excluding carboxylic acids is 2. The van der Waals surface area contributed by atoms with E-state index in [1.54, 1.807) is 0 Å². The number of H-pyrrole nitrogens is 1. The third-order valence-corrected chi connectivity index (χ3v) is 8.35. The summed E-state index contributed by atoms with van der Waals surface area (Å²) in [6.07, 6.45) is 8.53. The molecule has 2 aliphatic heterocycles. The Bertz CT molecular complexity index is 1330. The van der Waals surface area contributed by atoms with Crippen LogP contribution in [-0.2, 0) is 16.0 Å². The molecule has 2 atom stereocenters. The molecule has 186 valence electrons. The molecule has 1 unspecified atom stereocenters. The standard InChI is InChI=1S/C31H35N3O2/c1-20(2)22-12-14-23(15-13-22)30-29-25(24-10-6-7-11-26(24)32-29)18-27-31(36)33(19-28(35)34(27)30)17-16-21-8-4-3-5-9-21/h6-8,10-15,20,27,30,32H,3-5,9,16-19H2,1-2H3/t27-,30?/m0/s1. The van der Waals surface area contributed by atoms with Crippen molar-refractivity contribution in [2.24, 2.45) is 0 Å². The number of allylic oxidation sites excluding steroid dienone is 1. The fourth-order valence-electron chi connectivity index (χ4n) is 6.33. The lowest BCUT2D eigenvalue weighted by atomic mass is 9.85. The zero-order valence-electron chi connectivity index (χ0n) is 21.3. The molecule has 0 bridgehead atoms. The van der Waals surface area contributed by atoms with Gasteiger partial charge in [-0.1, -0.05) is 68.0 Å². The van der Waals surface area contributed by atoms with Gasteiger partial charge in [-0.2, -0.15) is 0 Å². The number of aromatic amines is 1. The molecule has 3 aliphatic rings. The first-order chi connectivity index (χ1) is 17.5. The van der Waals surface area contributed by atoms with Crippen molar-refractivity contribution in [3.05, 3.63) is 82.6 Å². The van der Waals surface area contributed by atoms with Crippen LogP contribution in [0.5, 0.6) is 0 Å². The summed E-state index contributed by atoms with van der Waals surface area (Å²) in [4.78, 5) is 34.9. The molecular formula is C31H35N3O2. The van der Waals surface area contributed by atoms with Gasteiger partial charge in [-0.05, 0) is 60.8 Å². The maximum atomic E-state index is 13.9. The van der Waals surface area contributed by atoms with Crippen molar-refractivity contribution in [3.63, 3.8) is 0 Å². The van der Waals surface area contributed by atoms with E-state index in [4.69, 9.17) is 0 Å². The average molecular weight is 482 g/mol. The van der Waals surface area contributed by atoms with E-state index in [1.165, 1.54) is 29.5 Å². The monoisotopic (exact) mass is 481 g/mol. The lowest BCUT2D eigenvalue weighted by Gasteiger charge is -2.47. The number of para-hydroxylation sites is 1. The SMILES string of the molecule is CC(C)c1ccc(C2c3[nH]c4ccccc4c3C[C@H]3C(=O)N(CCC4=CCCCC4)CC(=O)N23)cc1. The van der Waals surface area contributed by atoms with Crippen LogP contribution in [0.3, 0.4) is 0 Å². The first-order valence-electron chi connectivity index (χ1n) is 13.5. The van der Waals surface area contributed by atoms with Crippen molar-refractivity contribution in [3.8, 4) is 0 Å². The molecule has 2 amide bonds. The first-order valence-corrected chi connectivity index (χ1v) is 13.5. The van der Waals surface area contributed by atoms with Crippen LogP contribution >= 0.6 is 0 Å². The Morgan fingerprint density at radius 3 is 2.58 bits per heavy atom. The molecule has 3 heterocycles. The van der Waals surface area contributed by atoms with Crippen LogP contribution in [0.4, 0.5) is 0 Å². The molecule has 3 aromatic rings. The van der Waals surface area contributed by atoms with Crippen molar-refractivity contribution in [1.82, 2.24) is 14.8 Å². The maximum Gasteiger partial charge on any atom is 0.246 e. The van der Waals surface area contributed by atoms with Gasteiger partial charge in [0.05, 0.1) is 12.6 Å². The van der Waals surface area contributed by atoms with Crippen molar-refractivity contribution < 1.29 is 9.59 Å². The van der Waals surface area contributed by atoms with E-state index in [0.717, 1.165) is 41.4 Å². The lowest BCUT2D eigenvalue weighted by molar-refractivity contribution is -0.158. The average Bonchev–Trinajstić information content (AvgIpc) is 3.28. The Labute approximate surface area is 213 Å². The molecule has 0 radical (unpaired) electrons. The maximum absolute atomic E-state index is 13.9. The smallest absolute Gasteiger partial charge is 0.246 e. The number of nitrogens with zero attached hydrogens (tertiary/aromatic N) is 2. The summed E-state index contributed by atoms with van der Waals surface area (Å²) in [5, 5.41) is 1.15. The molecule has 1 N–H and O–H groups in total. The number of aromatic nitrogens is 1. The number of nitrogens with one attached hydrogen (secondary N) is 1. The predicted octanol–water partition coefficient (Wildman–Crippen LogP) is 5.87. The van der Waals surface area contributed by atoms with Gasteiger partial charge < -0.3 is 14.8 Å². The minimum Gasteiger partial charge on any atom is -0.356 e. The summed E-state index contributed by atoms with van der Waals surface area (Å²) in [6, 6.07) is 16.1. The topological polar surface area (TPSA) is 56.4 Å². The van der Waals surface area contributed by atoms with E-state index in [0.29, 0.717) is 18.9 Å². The molecule has 1 aromatic heterocycles. The second kappa shape index (κ2) is 9.27. The van der Waals surface area contributed by atoms with Gasteiger partial charge in [-0.25, -0.2) is 0 Å². The quantitative estimate of drug-likeness (QED) is 0.464. The molecule has 1 fully saturated rings. The summed E-state index contributed by atoms with van der Waals surface area (Å²) in [5.41, 5.74) is 7.04. The largest absolute Gasteiger partial charge is 0.356 e. The van der Waals surface area contributed by atoms with E-state index in [1.807, 2.05) is 21.9 Å². The molecule has 5 nitrogen and oxygen atoms in total. The second-order valence-corrected chi connectivity index (χ2v) is 10.9. The molecule has 5 heteroatoms. The number of benzene rings is 2. The summed E-state index contributed by atoms with van der Waals surface area (Å²) in [6.45, 7) is 5.17. The highest BCUT2D eigenvalue weighted by molar-refractivity contribution is 5.97. The van der Waals surface area contributed by atoms with E-state index >= 15 is 0 Å². The van der Waals surface area contributed by atoms with Gasteiger partial charge >= 0.3 is 0 Å². The zero-order valence-corrected chi connectivity index (χ0v) is 21.3. The van der Waals surface area contributed by atoms with Crippen LogP contribution in [0.25, 0.3) is 10.9 Å². The van der Waals surface area contributed by atoms with Crippen LogP contribution in [0.2, 0.25) is 0 Å². The van der Waals surface area contributed by atoms with Crippen LogP contribution in [0.15, 0.2) is 60.2 Å². The Morgan fingerprint density at radius 1 is 1.03 bits per heavy atom. The third-order valence-electron chi connectivity index (χ3n) is 8.35. The highest BCUT2D eigenvalue weighted by Crippen LogP contribution is 2.42. The minimum atomic E-state index is -0.465. The molecule has 1 aliphatic carbocycles. The molecule has 0 saturated carbocycles. The third kappa shape index (κ3) is 3.95. The highest BCUT2D eigenvalue weighted by atomic mass is 16.2. The van der Waals surface area contributed by atoms with E-state index in [2.05, 4.69) is 61.3 Å². The van der Waals surface area contributed by atoms with Crippen molar-refractivity contribution in [2.75, 3.05) is 13.1 Å². The number of piperazine rings is 1. The van der Waals surface area contributed by atoms with Gasteiger partial charge in [0.15, 0.2) is 0 Å². The molecule has 1 saturated heterocycles. The summed E-state index contributed by atoms with van der Waals surface area (Å²) in [7, 11) is 0. The number of fused-ring (bicyclic) bond motifs is 4. The van der Waals surface area contributed by atoms with E-state index in [9.17, 15) is 9.59 Å². The van der Waals surface area contributed by atoms with Gasteiger partial charge in [-0.15, -0.1) is 0 Å². The first kappa shape index (κ1) is 23.1. The minimum absolute atomic E-state index is 0.0412. The molecule has 6 rings (SSSR count). The summed E-state index contributed by atoms with van der Waals surface area (Å²) < 4.78 is 0. The van der Waals surface area contributed by atoms with Crippen LogP contribution in [-0.4, -0.2) is 45.7 Å². The fourth-order valence-corrected chi connectivity index (χ4v) is 6.33. The van der Waals surface area contributed by atoms with Crippen molar-refractivity contribution in [2.45, 2.75) is 70.4 Å². The van der Waals surface area contributed by atoms with Gasteiger partial charge in [-0.3, -0.25) is 9.59 Å². The molecule has 2 aromatic carbocycles. The van der Waals surface area contributed by atoms with Gasteiger partial charge in [0.1, 0.15) is 6.04 Å². The number of hydrogen-bond acceptors (Lipinski definition) is 2. The van der Waals surface area contributed by atoms with Crippen molar-refractivity contribution in [1.29, 1.82) is 0 Å². The highest BCUT2D eigenvalue weighted by Gasteiger charge is 2.48. The van der Waals surface area contributed by atoms with E-state index < -0.39 is 6.04 Å². The lowest BCUT2D eigenvalue weighted by Crippen LogP contribution is -2.63. The van der Waals surface area contributed by atoms with Crippen LogP contribution < -0.4 is 0 Å². The molecule has 0 spiro atoms. The Hall–Kier alpha value is -3.34. The number of hydrogen-bond donors (Lipinski definition) is 1. The molecule has 36 heavy (non-hydrogen) atoms. The zero-order chi connectivity index (χ0) is 24.8. The van der Waals surface area contributed by atoms with Gasteiger partial charge in [0, 0.05) is 29.6 Å². The Kier molecular flexibility index (Phi) is 5.94. The van der Waals surface area contributed by atoms with Crippen molar-refractivity contribution >= 4 is 22.7 Å². The predicted molar refractivity (Wildman–Crippen MR) is 143 cm³/mol. The summed E-state index contributed by atoms with van der Waals surface area (Å²) >= 11 is 0. The Morgan fingerprint density at radius 2 is 1.83 bits per heavy atom. The van der Waals surface area contributed by atoms with Gasteiger partial charge in [0.25, 0.3) is 0 Å². The van der Waals surface area contributed by atoms with Crippen LogP contribution in [0.1, 0.15) is 80.3 Å². The van der Waals surface area contributed by atoms with E-state index in [-0.39, 0.29) is 24.4 Å². The number of rotatable bonds is 5. The second-order valence-electron chi connectivity index (χ2n) is 10.9. The summed E-state index contributed by atoms with van der Waals surface area (Å²) in [5.74, 6) is 0.568.